The van der Waals surface area contributed by atoms with E-state index in [2.05, 4.69) is 53.5 Å². The fourth-order valence-electron chi connectivity index (χ4n) is 2.60. The average Bonchev–Trinajstić information content (AvgIpc) is 2.33. The lowest BCUT2D eigenvalue weighted by Crippen LogP contribution is -2.21. The van der Waals surface area contributed by atoms with Crippen molar-refractivity contribution in [2.45, 2.75) is 78.6 Å². The molecule has 1 aromatic rings. The topological polar surface area (TPSA) is 25.8 Å². The smallest absolute Gasteiger partial charge is 0.131 e. The van der Waals surface area contributed by atoms with Crippen LogP contribution in [-0.4, -0.2) is 16.6 Å². The van der Waals surface area contributed by atoms with E-state index in [4.69, 9.17) is 4.98 Å². The van der Waals surface area contributed by atoms with Gasteiger partial charge in [0, 0.05) is 17.0 Å². The molecule has 0 N–H and O–H groups in total. The summed E-state index contributed by atoms with van der Waals surface area (Å²) in [5.74, 6) is 1.50. The molecule has 0 aliphatic heterocycles. The highest BCUT2D eigenvalue weighted by atomic mass is 19.1. The maximum absolute atomic E-state index is 12.3. The zero-order chi connectivity index (χ0) is 15.5. The normalized spacial score (nSPS) is 13.8. The summed E-state index contributed by atoms with van der Waals surface area (Å²) in [7, 11) is 0. The van der Waals surface area contributed by atoms with Crippen LogP contribution in [0.4, 0.5) is 4.39 Å². The minimum Gasteiger partial charge on any atom is -0.251 e. The molecule has 1 heterocycles. The first-order chi connectivity index (χ1) is 9.18. The minimum atomic E-state index is -0.264. The summed E-state index contributed by atoms with van der Waals surface area (Å²) in [4.78, 5) is 9.53. The third-order valence-electron chi connectivity index (χ3n) is 3.65. The number of nitrogens with zero attached hydrogens (tertiary/aromatic N) is 2. The molecule has 0 radical (unpaired) electrons. The van der Waals surface area contributed by atoms with Crippen LogP contribution in [0, 0.1) is 6.92 Å². The Morgan fingerprint density at radius 3 is 2.15 bits per heavy atom. The molecular formula is C17H29FN2. The maximum Gasteiger partial charge on any atom is 0.131 e. The highest BCUT2D eigenvalue weighted by molar-refractivity contribution is 5.33. The monoisotopic (exact) mass is 280 g/mol. The van der Waals surface area contributed by atoms with E-state index in [9.17, 15) is 4.39 Å². The van der Waals surface area contributed by atoms with E-state index in [1.165, 1.54) is 5.56 Å². The first-order valence-electron chi connectivity index (χ1n) is 7.63. The molecule has 0 saturated heterocycles. The van der Waals surface area contributed by atoms with Crippen molar-refractivity contribution in [2.24, 2.45) is 0 Å². The van der Waals surface area contributed by atoms with Crippen LogP contribution in [0.1, 0.15) is 89.0 Å². The number of aromatic nitrogens is 2. The van der Waals surface area contributed by atoms with Crippen molar-refractivity contribution in [3.05, 3.63) is 22.8 Å². The molecular weight excluding hydrogens is 251 g/mol. The molecule has 0 spiro atoms. The van der Waals surface area contributed by atoms with E-state index >= 15 is 0 Å². The van der Waals surface area contributed by atoms with Gasteiger partial charge >= 0.3 is 0 Å². The predicted molar refractivity (Wildman–Crippen MR) is 83.2 cm³/mol. The van der Waals surface area contributed by atoms with Gasteiger partial charge in [-0.15, -0.1) is 0 Å². The molecule has 2 nitrogen and oxygen atoms in total. The van der Waals surface area contributed by atoms with E-state index < -0.39 is 0 Å². The molecule has 0 fully saturated rings. The average molecular weight is 280 g/mol. The Kier molecular flexibility index (Phi) is 5.67. The number of aryl methyl sites for hydroxylation is 1. The van der Waals surface area contributed by atoms with E-state index in [1.807, 2.05) is 0 Å². The van der Waals surface area contributed by atoms with E-state index in [0.717, 1.165) is 23.6 Å². The second kappa shape index (κ2) is 6.64. The van der Waals surface area contributed by atoms with Crippen LogP contribution in [0.15, 0.2) is 0 Å². The van der Waals surface area contributed by atoms with E-state index in [0.29, 0.717) is 12.3 Å². The van der Waals surface area contributed by atoms with Crippen LogP contribution in [-0.2, 0) is 5.41 Å². The Morgan fingerprint density at radius 2 is 1.70 bits per heavy atom. The number of hydrogen-bond donors (Lipinski definition) is 0. The third-order valence-corrected chi connectivity index (χ3v) is 3.65. The molecule has 0 aliphatic rings. The highest BCUT2D eigenvalue weighted by Gasteiger charge is 2.25. The number of rotatable bonds is 5. The van der Waals surface area contributed by atoms with Crippen molar-refractivity contribution in [1.82, 2.24) is 9.97 Å². The number of hydrogen-bond acceptors (Lipinski definition) is 2. The first kappa shape index (κ1) is 17.1. The van der Waals surface area contributed by atoms with Gasteiger partial charge in [0.25, 0.3) is 0 Å². The summed E-state index contributed by atoms with van der Waals surface area (Å²) in [6, 6.07) is 0. The van der Waals surface area contributed by atoms with Gasteiger partial charge in [0.1, 0.15) is 5.82 Å². The molecule has 0 bridgehead atoms. The summed E-state index contributed by atoms with van der Waals surface area (Å²) in [6.45, 7) is 14.8. The second-order valence-electron chi connectivity index (χ2n) is 7.07. The van der Waals surface area contributed by atoms with Gasteiger partial charge in [0.05, 0.1) is 12.4 Å². The van der Waals surface area contributed by atoms with Crippen molar-refractivity contribution < 1.29 is 4.39 Å². The van der Waals surface area contributed by atoms with Crippen LogP contribution in [0.5, 0.6) is 0 Å². The van der Waals surface area contributed by atoms with Crippen LogP contribution in [0.3, 0.4) is 0 Å². The Labute approximate surface area is 123 Å². The molecule has 0 amide bonds. The van der Waals surface area contributed by atoms with Crippen molar-refractivity contribution in [3.8, 4) is 0 Å². The molecule has 1 atom stereocenters. The lowest BCUT2D eigenvalue weighted by atomic mass is 9.84. The third kappa shape index (κ3) is 4.00. The lowest BCUT2D eigenvalue weighted by Gasteiger charge is -2.26. The quantitative estimate of drug-likeness (QED) is 0.753. The molecule has 1 aromatic heterocycles. The fourth-order valence-corrected chi connectivity index (χ4v) is 2.60. The largest absolute Gasteiger partial charge is 0.251 e. The van der Waals surface area contributed by atoms with Gasteiger partial charge in [-0.25, -0.2) is 9.97 Å². The SMILES string of the molecule is Cc1nc([C@H](C)CCCF)nc(C(C)(C)C)c1C(C)C. The molecule has 0 aromatic carbocycles. The summed E-state index contributed by atoms with van der Waals surface area (Å²) < 4.78 is 12.3. The van der Waals surface area contributed by atoms with Crippen molar-refractivity contribution in [2.75, 3.05) is 6.67 Å². The molecule has 0 saturated carbocycles. The van der Waals surface area contributed by atoms with Crippen molar-refractivity contribution in [1.29, 1.82) is 0 Å². The van der Waals surface area contributed by atoms with Gasteiger partial charge < -0.3 is 0 Å². The van der Waals surface area contributed by atoms with Crippen LogP contribution >= 0.6 is 0 Å². The van der Waals surface area contributed by atoms with Gasteiger partial charge in [-0.05, 0) is 31.2 Å². The second-order valence-corrected chi connectivity index (χ2v) is 7.07. The molecule has 20 heavy (non-hydrogen) atoms. The van der Waals surface area contributed by atoms with Crippen LogP contribution in [0.25, 0.3) is 0 Å². The van der Waals surface area contributed by atoms with E-state index in [-0.39, 0.29) is 18.0 Å². The molecule has 3 heteroatoms. The predicted octanol–water partition coefficient (Wildman–Crippen LogP) is 5.06. The summed E-state index contributed by atoms with van der Waals surface area (Å²) in [5.41, 5.74) is 3.48. The van der Waals surface area contributed by atoms with Gasteiger partial charge in [-0.2, -0.15) is 0 Å². The number of halogens is 1. The molecule has 114 valence electrons. The van der Waals surface area contributed by atoms with Crippen molar-refractivity contribution >= 4 is 0 Å². The fraction of sp³-hybridized carbons (Fsp3) is 0.765. The molecule has 0 aliphatic carbocycles. The maximum atomic E-state index is 12.3. The van der Waals surface area contributed by atoms with Crippen molar-refractivity contribution in [3.63, 3.8) is 0 Å². The number of alkyl halides is 1. The Bertz CT molecular complexity index is 447. The Morgan fingerprint density at radius 1 is 1.10 bits per heavy atom. The summed E-state index contributed by atoms with van der Waals surface area (Å²) in [6.07, 6.45) is 1.39. The summed E-state index contributed by atoms with van der Waals surface area (Å²) in [5, 5.41) is 0. The van der Waals surface area contributed by atoms with Crippen LogP contribution < -0.4 is 0 Å². The molecule has 0 unspecified atom stereocenters. The Hall–Kier alpha value is -0.990. The molecule has 1 rings (SSSR count). The van der Waals surface area contributed by atoms with Crippen LogP contribution in [0.2, 0.25) is 0 Å². The van der Waals surface area contributed by atoms with Gasteiger partial charge in [-0.1, -0.05) is 41.5 Å². The van der Waals surface area contributed by atoms with E-state index in [1.54, 1.807) is 0 Å². The van der Waals surface area contributed by atoms with Gasteiger partial charge in [0.2, 0.25) is 0 Å². The highest BCUT2D eigenvalue weighted by Crippen LogP contribution is 2.32. The summed E-state index contributed by atoms with van der Waals surface area (Å²) >= 11 is 0. The minimum absolute atomic E-state index is 0.00185. The lowest BCUT2D eigenvalue weighted by molar-refractivity contribution is 0.441. The zero-order valence-electron chi connectivity index (χ0n) is 14.0. The Balaban J connectivity index is 3.29. The van der Waals surface area contributed by atoms with Gasteiger partial charge in [0.15, 0.2) is 0 Å². The standard InChI is InChI=1S/C17H29FN2/c1-11(2)14-13(4)19-16(12(3)9-8-10-18)20-15(14)17(5,6)7/h11-12H,8-10H2,1-7H3/t12-/m1/s1. The van der Waals surface area contributed by atoms with Gasteiger partial charge in [-0.3, -0.25) is 4.39 Å². The zero-order valence-corrected chi connectivity index (χ0v) is 14.0. The first-order valence-corrected chi connectivity index (χ1v) is 7.63.